The molecule has 8 nitrogen and oxygen atoms in total. The van der Waals surface area contributed by atoms with Crippen LogP contribution in [0.25, 0.3) is 0 Å². The molecule has 8 heteroatoms. The summed E-state index contributed by atoms with van der Waals surface area (Å²) < 4.78 is 2.22. The minimum absolute atomic E-state index is 0.0691. The first-order valence-electron chi connectivity index (χ1n) is 8.00. The summed E-state index contributed by atoms with van der Waals surface area (Å²) in [5, 5.41) is 19.9. The molecule has 1 atom stereocenters. The molecule has 2 aromatic rings. The number of pyridine rings is 1. The molecule has 2 aliphatic heterocycles. The van der Waals surface area contributed by atoms with E-state index in [1.807, 2.05) is 4.90 Å². The fraction of sp³-hybridized carbons (Fsp3) is 0.533. The van der Waals surface area contributed by atoms with Gasteiger partial charge in [-0.1, -0.05) is 0 Å². The predicted molar refractivity (Wildman–Crippen MR) is 83.4 cm³/mol. The van der Waals surface area contributed by atoms with Gasteiger partial charge in [0.2, 0.25) is 5.82 Å². The molecular weight excluding hydrogens is 296 g/mol. The second-order valence-corrected chi connectivity index (χ2v) is 6.12. The quantitative estimate of drug-likeness (QED) is 0.635. The number of hydrogen-bond donors (Lipinski definition) is 0. The molecule has 1 saturated heterocycles. The van der Waals surface area contributed by atoms with Gasteiger partial charge in [0.25, 0.3) is 0 Å². The summed E-state index contributed by atoms with van der Waals surface area (Å²) in [7, 11) is 0. The molecule has 0 aromatic carbocycles. The smallest absolute Gasteiger partial charge is 0.311 e. The molecule has 0 N–H and O–H groups in total. The van der Waals surface area contributed by atoms with Gasteiger partial charge in [0.05, 0.1) is 4.92 Å². The van der Waals surface area contributed by atoms with Gasteiger partial charge in [-0.3, -0.25) is 10.1 Å². The van der Waals surface area contributed by atoms with Crippen LogP contribution in [-0.4, -0.2) is 37.8 Å². The van der Waals surface area contributed by atoms with Crippen molar-refractivity contribution in [3.63, 3.8) is 0 Å². The summed E-state index contributed by atoms with van der Waals surface area (Å²) in [5.41, 5.74) is 0.0691. The minimum Gasteiger partial charge on any atom is -0.350 e. The Morgan fingerprint density at radius 1 is 1.26 bits per heavy atom. The molecule has 0 saturated carbocycles. The number of aryl methyl sites for hydroxylation is 1. The van der Waals surface area contributed by atoms with Crippen molar-refractivity contribution < 1.29 is 4.92 Å². The number of rotatable bonds is 3. The SMILES string of the molecule is O=[N+]([O-])c1cccnc1N1CCCC(c2nnc3n2CCC3)C1. The minimum atomic E-state index is -0.360. The molecule has 0 aliphatic carbocycles. The lowest BCUT2D eigenvalue weighted by molar-refractivity contribution is -0.384. The van der Waals surface area contributed by atoms with E-state index in [-0.39, 0.29) is 16.5 Å². The molecule has 0 amide bonds. The summed E-state index contributed by atoms with van der Waals surface area (Å²) in [6.45, 7) is 2.48. The molecule has 1 unspecified atom stereocenters. The van der Waals surface area contributed by atoms with Crippen LogP contribution in [0.2, 0.25) is 0 Å². The van der Waals surface area contributed by atoms with Gasteiger partial charge < -0.3 is 9.47 Å². The Kier molecular flexibility index (Phi) is 3.44. The molecule has 0 bridgehead atoms. The summed E-state index contributed by atoms with van der Waals surface area (Å²) in [5.74, 6) is 2.81. The zero-order valence-corrected chi connectivity index (χ0v) is 12.8. The topological polar surface area (TPSA) is 90.0 Å². The molecule has 0 spiro atoms. The zero-order valence-electron chi connectivity index (χ0n) is 12.8. The van der Waals surface area contributed by atoms with Crippen LogP contribution in [0.3, 0.4) is 0 Å². The number of nitrogens with zero attached hydrogens (tertiary/aromatic N) is 6. The van der Waals surface area contributed by atoms with Crippen LogP contribution in [-0.2, 0) is 13.0 Å². The first kappa shape index (κ1) is 14.1. The average molecular weight is 314 g/mol. The van der Waals surface area contributed by atoms with Gasteiger partial charge in [-0.15, -0.1) is 10.2 Å². The predicted octanol–water partition coefficient (Wildman–Crippen LogP) is 1.91. The highest BCUT2D eigenvalue weighted by molar-refractivity contribution is 5.57. The number of fused-ring (bicyclic) bond motifs is 1. The monoisotopic (exact) mass is 314 g/mol. The summed E-state index contributed by atoms with van der Waals surface area (Å²) in [4.78, 5) is 17.2. The second kappa shape index (κ2) is 5.60. The zero-order chi connectivity index (χ0) is 15.8. The fourth-order valence-corrected chi connectivity index (χ4v) is 3.63. The van der Waals surface area contributed by atoms with Crippen LogP contribution in [0, 0.1) is 10.1 Å². The van der Waals surface area contributed by atoms with Gasteiger partial charge in [-0.05, 0) is 25.3 Å². The number of hydrogen-bond acceptors (Lipinski definition) is 6. The number of nitro groups is 1. The highest BCUT2D eigenvalue weighted by Crippen LogP contribution is 2.33. The van der Waals surface area contributed by atoms with Gasteiger partial charge in [0.1, 0.15) is 11.6 Å². The molecule has 0 radical (unpaired) electrons. The molecular formula is C15H18N6O2. The van der Waals surface area contributed by atoms with E-state index in [2.05, 4.69) is 19.7 Å². The molecule has 4 rings (SSSR count). The lowest BCUT2D eigenvalue weighted by Crippen LogP contribution is -2.36. The average Bonchev–Trinajstić information content (AvgIpc) is 3.18. The first-order chi connectivity index (χ1) is 11.2. The van der Waals surface area contributed by atoms with Gasteiger partial charge in [-0.2, -0.15) is 0 Å². The lowest BCUT2D eigenvalue weighted by atomic mass is 9.97. The summed E-state index contributed by atoms with van der Waals surface area (Å²) in [6, 6.07) is 3.12. The Bertz CT molecular complexity index is 743. The Morgan fingerprint density at radius 2 is 2.17 bits per heavy atom. The molecule has 120 valence electrons. The summed E-state index contributed by atoms with van der Waals surface area (Å²) >= 11 is 0. The molecule has 2 aromatic heterocycles. The number of anilines is 1. The van der Waals surface area contributed by atoms with Crippen LogP contribution < -0.4 is 4.90 Å². The van der Waals surface area contributed by atoms with Crippen LogP contribution >= 0.6 is 0 Å². The Labute approximate surface area is 133 Å². The maximum Gasteiger partial charge on any atom is 0.311 e. The van der Waals surface area contributed by atoms with E-state index >= 15 is 0 Å². The Balaban J connectivity index is 1.61. The van der Waals surface area contributed by atoms with Crippen LogP contribution in [0.15, 0.2) is 18.3 Å². The Morgan fingerprint density at radius 3 is 3.04 bits per heavy atom. The normalized spacial score (nSPS) is 20.5. The van der Waals surface area contributed by atoms with Gasteiger partial charge in [0.15, 0.2) is 0 Å². The molecule has 23 heavy (non-hydrogen) atoms. The highest BCUT2D eigenvalue weighted by atomic mass is 16.6. The van der Waals surface area contributed by atoms with Gasteiger partial charge in [0, 0.05) is 44.2 Å². The van der Waals surface area contributed by atoms with E-state index in [9.17, 15) is 10.1 Å². The standard InChI is InChI=1S/C15H18N6O2/c22-21(23)12-5-1-7-16-15(12)19-8-2-4-11(10-19)14-18-17-13-6-3-9-20(13)14/h1,5,7,11H,2-4,6,8-10H2. The van der Waals surface area contributed by atoms with Gasteiger partial charge >= 0.3 is 5.69 Å². The summed E-state index contributed by atoms with van der Waals surface area (Å²) in [6.07, 6.45) is 5.74. The largest absolute Gasteiger partial charge is 0.350 e. The van der Waals surface area contributed by atoms with Crippen molar-refractivity contribution in [1.82, 2.24) is 19.7 Å². The molecule has 2 aliphatic rings. The van der Waals surface area contributed by atoms with Crippen molar-refractivity contribution in [2.24, 2.45) is 0 Å². The molecule has 1 fully saturated rings. The van der Waals surface area contributed by atoms with Crippen molar-refractivity contribution >= 4 is 11.5 Å². The van der Waals surface area contributed by atoms with E-state index in [1.54, 1.807) is 12.3 Å². The van der Waals surface area contributed by atoms with E-state index < -0.39 is 0 Å². The van der Waals surface area contributed by atoms with Crippen molar-refractivity contribution in [2.75, 3.05) is 18.0 Å². The molecule has 4 heterocycles. The highest BCUT2D eigenvalue weighted by Gasteiger charge is 2.31. The van der Waals surface area contributed by atoms with Crippen molar-refractivity contribution in [1.29, 1.82) is 0 Å². The third kappa shape index (κ3) is 2.43. The maximum absolute atomic E-state index is 11.2. The van der Waals surface area contributed by atoms with E-state index in [0.29, 0.717) is 12.4 Å². The van der Waals surface area contributed by atoms with Crippen LogP contribution in [0.4, 0.5) is 11.5 Å². The first-order valence-corrected chi connectivity index (χ1v) is 8.00. The van der Waals surface area contributed by atoms with E-state index in [0.717, 1.165) is 50.4 Å². The lowest BCUT2D eigenvalue weighted by Gasteiger charge is -2.32. The fourth-order valence-electron chi connectivity index (χ4n) is 3.63. The van der Waals surface area contributed by atoms with E-state index in [1.165, 1.54) is 6.07 Å². The second-order valence-electron chi connectivity index (χ2n) is 6.12. The van der Waals surface area contributed by atoms with Crippen LogP contribution in [0.5, 0.6) is 0 Å². The maximum atomic E-state index is 11.2. The third-order valence-corrected chi connectivity index (χ3v) is 4.69. The van der Waals surface area contributed by atoms with Crippen LogP contribution in [0.1, 0.15) is 36.8 Å². The van der Waals surface area contributed by atoms with Crippen molar-refractivity contribution in [2.45, 2.75) is 38.1 Å². The number of piperidine rings is 1. The third-order valence-electron chi connectivity index (χ3n) is 4.69. The van der Waals surface area contributed by atoms with Crippen molar-refractivity contribution in [3.8, 4) is 0 Å². The Hall–Kier alpha value is -2.51. The van der Waals surface area contributed by atoms with Crippen molar-refractivity contribution in [3.05, 3.63) is 40.1 Å². The number of aromatic nitrogens is 4. The van der Waals surface area contributed by atoms with Gasteiger partial charge in [-0.25, -0.2) is 4.98 Å². The van der Waals surface area contributed by atoms with E-state index in [4.69, 9.17) is 0 Å².